The Hall–Kier alpha value is -1.51. The van der Waals surface area contributed by atoms with Crippen molar-refractivity contribution in [3.63, 3.8) is 0 Å². The van der Waals surface area contributed by atoms with Gasteiger partial charge in [0.05, 0.1) is 0 Å². The minimum Gasteiger partial charge on any atom is -0.325 e. The normalized spacial score (nSPS) is 15.1. The van der Waals surface area contributed by atoms with Crippen LogP contribution in [0.5, 0.6) is 0 Å². The first kappa shape index (κ1) is 12.0. The molecule has 1 aromatic rings. The van der Waals surface area contributed by atoms with Crippen LogP contribution in [0.25, 0.3) is 0 Å². The van der Waals surface area contributed by atoms with Crippen molar-refractivity contribution in [1.29, 1.82) is 0 Å². The van der Waals surface area contributed by atoms with Crippen molar-refractivity contribution in [1.82, 2.24) is 9.80 Å². The van der Waals surface area contributed by atoms with Crippen molar-refractivity contribution >= 4 is 6.03 Å². The molecule has 1 aliphatic heterocycles. The molecule has 1 fully saturated rings. The third-order valence-corrected chi connectivity index (χ3v) is 3.37. The first-order valence-corrected chi connectivity index (χ1v) is 6.23. The van der Waals surface area contributed by atoms with Gasteiger partial charge in [-0.15, -0.1) is 0 Å². The van der Waals surface area contributed by atoms with Crippen LogP contribution >= 0.6 is 0 Å². The van der Waals surface area contributed by atoms with E-state index in [1.54, 1.807) is 0 Å². The molecule has 0 aliphatic carbocycles. The molecule has 0 saturated carbocycles. The molecule has 0 aromatic heterocycles. The Morgan fingerprint density at radius 1 is 1.29 bits per heavy atom. The predicted octanol–water partition coefficient (Wildman–Crippen LogP) is 2.64. The minimum absolute atomic E-state index is 0.158. The van der Waals surface area contributed by atoms with Crippen LogP contribution in [-0.4, -0.2) is 36.0 Å². The van der Waals surface area contributed by atoms with E-state index < -0.39 is 0 Å². The maximum absolute atomic E-state index is 12.1. The first-order valence-electron chi connectivity index (χ1n) is 6.23. The smallest absolute Gasteiger partial charge is 0.320 e. The van der Waals surface area contributed by atoms with Crippen molar-refractivity contribution < 1.29 is 4.79 Å². The molecule has 0 N–H and O–H groups in total. The molecule has 1 saturated heterocycles. The highest BCUT2D eigenvalue weighted by Crippen LogP contribution is 2.13. The second kappa shape index (κ2) is 5.21. The predicted molar refractivity (Wildman–Crippen MR) is 68.8 cm³/mol. The Morgan fingerprint density at radius 2 is 1.94 bits per heavy atom. The van der Waals surface area contributed by atoms with Crippen LogP contribution in [0.4, 0.5) is 4.79 Å². The van der Waals surface area contributed by atoms with Crippen LogP contribution in [0.2, 0.25) is 0 Å². The number of hydrogen-bond acceptors (Lipinski definition) is 1. The Balaban J connectivity index is 1.99. The van der Waals surface area contributed by atoms with Gasteiger partial charge in [-0.25, -0.2) is 4.79 Å². The third-order valence-electron chi connectivity index (χ3n) is 3.37. The van der Waals surface area contributed by atoms with Crippen molar-refractivity contribution in [3.8, 4) is 0 Å². The number of urea groups is 1. The molecule has 0 unspecified atom stereocenters. The number of nitrogens with zero attached hydrogens (tertiary/aromatic N) is 2. The molecule has 0 bridgehead atoms. The van der Waals surface area contributed by atoms with Crippen LogP contribution in [0.1, 0.15) is 24.0 Å². The fourth-order valence-corrected chi connectivity index (χ4v) is 2.26. The Labute approximate surface area is 103 Å². The number of amides is 2. The van der Waals surface area contributed by atoms with E-state index in [-0.39, 0.29) is 6.03 Å². The number of aryl methyl sites for hydroxylation is 1. The lowest BCUT2D eigenvalue weighted by Gasteiger charge is -2.24. The maximum Gasteiger partial charge on any atom is 0.320 e. The number of carbonyl (C=O) groups excluding carboxylic acids is 1. The first-order chi connectivity index (χ1) is 8.18. The molecular formula is C14H20N2O. The zero-order valence-electron chi connectivity index (χ0n) is 10.6. The van der Waals surface area contributed by atoms with Crippen molar-refractivity contribution in [2.45, 2.75) is 26.3 Å². The summed E-state index contributed by atoms with van der Waals surface area (Å²) in [5.74, 6) is 0. The molecule has 2 rings (SSSR count). The topological polar surface area (TPSA) is 23.6 Å². The summed E-state index contributed by atoms with van der Waals surface area (Å²) >= 11 is 0. The van der Waals surface area contributed by atoms with Crippen LogP contribution in [0.3, 0.4) is 0 Å². The Kier molecular flexibility index (Phi) is 3.67. The molecule has 17 heavy (non-hydrogen) atoms. The summed E-state index contributed by atoms with van der Waals surface area (Å²) in [6.07, 6.45) is 2.29. The van der Waals surface area contributed by atoms with Gasteiger partial charge >= 0.3 is 6.03 Å². The summed E-state index contributed by atoms with van der Waals surface area (Å²) in [6, 6.07) is 8.38. The highest BCUT2D eigenvalue weighted by Gasteiger charge is 2.21. The van der Waals surface area contributed by atoms with Gasteiger partial charge in [0.15, 0.2) is 0 Å². The van der Waals surface area contributed by atoms with Crippen LogP contribution in [0, 0.1) is 6.92 Å². The van der Waals surface area contributed by atoms with E-state index in [1.165, 1.54) is 11.1 Å². The zero-order chi connectivity index (χ0) is 12.3. The van der Waals surface area contributed by atoms with Gasteiger partial charge in [-0.1, -0.05) is 24.3 Å². The fourth-order valence-electron chi connectivity index (χ4n) is 2.26. The lowest BCUT2D eigenvalue weighted by molar-refractivity contribution is 0.171. The molecule has 1 aliphatic rings. The zero-order valence-corrected chi connectivity index (χ0v) is 10.6. The number of carbonyl (C=O) groups is 1. The lowest BCUT2D eigenvalue weighted by atomic mass is 10.1. The van der Waals surface area contributed by atoms with Gasteiger partial charge in [0.2, 0.25) is 0 Å². The van der Waals surface area contributed by atoms with Crippen LogP contribution in [0.15, 0.2) is 24.3 Å². The third kappa shape index (κ3) is 2.78. The molecule has 92 valence electrons. The van der Waals surface area contributed by atoms with Gasteiger partial charge in [-0.05, 0) is 30.9 Å². The molecule has 1 heterocycles. The fraction of sp³-hybridized carbons (Fsp3) is 0.500. The molecule has 3 nitrogen and oxygen atoms in total. The average Bonchev–Trinajstić information content (AvgIpc) is 2.84. The number of likely N-dealkylation sites (tertiary alicyclic amines) is 1. The van der Waals surface area contributed by atoms with Gasteiger partial charge in [-0.2, -0.15) is 0 Å². The van der Waals surface area contributed by atoms with Crippen molar-refractivity contribution in [2.75, 3.05) is 20.1 Å². The van der Waals surface area contributed by atoms with E-state index in [0.717, 1.165) is 25.9 Å². The van der Waals surface area contributed by atoms with E-state index in [0.29, 0.717) is 6.54 Å². The highest BCUT2D eigenvalue weighted by atomic mass is 16.2. The standard InChI is InChI=1S/C14H20N2O/c1-12-7-3-4-8-13(12)11-15(2)14(17)16-9-5-6-10-16/h3-4,7-8H,5-6,9-11H2,1-2H3. The molecule has 2 amide bonds. The summed E-state index contributed by atoms with van der Waals surface area (Å²) in [4.78, 5) is 15.9. The summed E-state index contributed by atoms with van der Waals surface area (Å²) in [5.41, 5.74) is 2.47. The van der Waals surface area contributed by atoms with Crippen LogP contribution < -0.4 is 0 Å². The largest absolute Gasteiger partial charge is 0.325 e. The van der Waals surface area contributed by atoms with E-state index in [2.05, 4.69) is 19.1 Å². The maximum atomic E-state index is 12.1. The van der Waals surface area contributed by atoms with E-state index in [9.17, 15) is 4.79 Å². The van der Waals surface area contributed by atoms with Crippen molar-refractivity contribution in [3.05, 3.63) is 35.4 Å². The summed E-state index contributed by atoms with van der Waals surface area (Å²) < 4.78 is 0. The summed E-state index contributed by atoms with van der Waals surface area (Å²) in [5, 5.41) is 0. The van der Waals surface area contributed by atoms with E-state index in [4.69, 9.17) is 0 Å². The van der Waals surface area contributed by atoms with E-state index >= 15 is 0 Å². The quantitative estimate of drug-likeness (QED) is 0.769. The number of hydrogen-bond donors (Lipinski definition) is 0. The molecular weight excluding hydrogens is 212 g/mol. The molecule has 3 heteroatoms. The van der Waals surface area contributed by atoms with Gasteiger partial charge in [0, 0.05) is 26.7 Å². The van der Waals surface area contributed by atoms with Gasteiger partial charge in [0.25, 0.3) is 0 Å². The van der Waals surface area contributed by atoms with Gasteiger partial charge in [0.1, 0.15) is 0 Å². The molecule has 0 spiro atoms. The monoisotopic (exact) mass is 232 g/mol. The van der Waals surface area contributed by atoms with Crippen LogP contribution in [-0.2, 0) is 6.54 Å². The second-order valence-corrected chi connectivity index (χ2v) is 4.76. The number of benzene rings is 1. The highest BCUT2D eigenvalue weighted by molar-refractivity contribution is 5.74. The number of rotatable bonds is 2. The SMILES string of the molecule is Cc1ccccc1CN(C)C(=O)N1CCCC1. The van der Waals surface area contributed by atoms with Crippen molar-refractivity contribution in [2.24, 2.45) is 0 Å². The molecule has 1 aromatic carbocycles. The molecule has 0 radical (unpaired) electrons. The Morgan fingerprint density at radius 3 is 2.59 bits per heavy atom. The Bertz CT molecular complexity index is 397. The summed E-state index contributed by atoms with van der Waals surface area (Å²) in [6.45, 7) is 4.61. The molecule has 0 atom stereocenters. The lowest BCUT2D eigenvalue weighted by Crippen LogP contribution is -2.39. The van der Waals surface area contributed by atoms with Gasteiger partial charge < -0.3 is 9.80 Å². The second-order valence-electron chi connectivity index (χ2n) is 4.76. The van der Waals surface area contributed by atoms with E-state index in [1.807, 2.05) is 29.0 Å². The average molecular weight is 232 g/mol. The summed E-state index contributed by atoms with van der Waals surface area (Å²) in [7, 11) is 1.88. The minimum atomic E-state index is 0.158. The van der Waals surface area contributed by atoms with Gasteiger partial charge in [-0.3, -0.25) is 0 Å².